The fourth-order valence-corrected chi connectivity index (χ4v) is 2.77. The molecule has 4 heteroatoms. The fourth-order valence-electron chi connectivity index (χ4n) is 2.47. The molecule has 0 N–H and O–H groups in total. The lowest BCUT2D eigenvalue weighted by molar-refractivity contribution is 0.104. The highest BCUT2D eigenvalue weighted by Gasteiger charge is 2.16. The lowest BCUT2D eigenvalue weighted by atomic mass is 10.0. The normalized spacial score (nSPS) is 11.0. The second kappa shape index (κ2) is 5.21. The Balaban J connectivity index is 2.15. The van der Waals surface area contributed by atoms with Gasteiger partial charge in [-0.25, -0.2) is 0 Å². The Morgan fingerprint density at radius 2 is 1.81 bits per heavy atom. The third kappa shape index (κ3) is 2.45. The number of aryl methyl sites for hydroxylation is 2. The van der Waals surface area contributed by atoms with E-state index in [0.717, 1.165) is 16.5 Å². The molecule has 0 spiro atoms. The Hall–Kier alpha value is -1.77. The maximum absolute atomic E-state index is 12.7. The van der Waals surface area contributed by atoms with E-state index in [1.807, 2.05) is 36.9 Å². The Morgan fingerprint density at radius 1 is 1.05 bits per heavy atom. The first-order chi connectivity index (χ1) is 9.97. The van der Waals surface area contributed by atoms with Crippen LogP contribution in [0.3, 0.4) is 0 Å². The molecule has 0 aliphatic rings. The summed E-state index contributed by atoms with van der Waals surface area (Å²) >= 11 is 11.9. The van der Waals surface area contributed by atoms with Gasteiger partial charge in [0.2, 0.25) is 0 Å². The monoisotopic (exact) mass is 317 g/mol. The summed E-state index contributed by atoms with van der Waals surface area (Å²) in [7, 11) is 1.94. The number of nitrogens with zero attached hydrogens (tertiary/aromatic N) is 1. The van der Waals surface area contributed by atoms with Crippen molar-refractivity contribution in [3.05, 3.63) is 69.3 Å². The van der Waals surface area contributed by atoms with Crippen molar-refractivity contribution in [2.24, 2.45) is 7.05 Å². The van der Waals surface area contributed by atoms with Crippen molar-refractivity contribution >= 4 is 39.9 Å². The van der Waals surface area contributed by atoms with Gasteiger partial charge in [-0.15, -0.1) is 0 Å². The lowest BCUT2D eigenvalue weighted by Gasteiger charge is -2.02. The zero-order valence-electron chi connectivity index (χ0n) is 11.7. The molecule has 0 saturated carbocycles. The molecule has 0 atom stereocenters. The Morgan fingerprint density at radius 3 is 2.52 bits per heavy atom. The van der Waals surface area contributed by atoms with Crippen LogP contribution in [0.15, 0.2) is 42.6 Å². The predicted octanol–water partition coefficient (Wildman–Crippen LogP) is 5.02. The van der Waals surface area contributed by atoms with E-state index >= 15 is 0 Å². The van der Waals surface area contributed by atoms with E-state index in [2.05, 4.69) is 6.07 Å². The molecule has 0 aliphatic carbocycles. The van der Waals surface area contributed by atoms with Crippen LogP contribution in [0.4, 0.5) is 0 Å². The summed E-state index contributed by atoms with van der Waals surface area (Å²) < 4.78 is 1.97. The summed E-state index contributed by atoms with van der Waals surface area (Å²) in [6.07, 6.45) is 1.86. The van der Waals surface area contributed by atoms with E-state index in [9.17, 15) is 4.79 Å². The summed E-state index contributed by atoms with van der Waals surface area (Å²) in [6, 6.07) is 11.0. The number of halogens is 2. The van der Waals surface area contributed by atoms with Gasteiger partial charge in [0.15, 0.2) is 5.78 Å². The smallest absolute Gasteiger partial charge is 0.195 e. The third-order valence-electron chi connectivity index (χ3n) is 3.57. The van der Waals surface area contributed by atoms with Gasteiger partial charge < -0.3 is 4.57 Å². The summed E-state index contributed by atoms with van der Waals surface area (Å²) in [5, 5.41) is 1.78. The molecule has 3 aromatic rings. The first-order valence-corrected chi connectivity index (χ1v) is 7.28. The standard InChI is InChI=1S/C17H13Cl2NO/c1-10-3-5-12-13(9-20(2)16(12)7-10)17(21)11-4-6-14(18)15(19)8-11/h3-9H,1-2H3. The van der Waals surface area contributed by atoms with Crippen LogP contribution in [0.2, 0.25) is 10.0 Å². The van der Waals surface area contributed by atoms with Crippen molar-refractivity contribution in [1.29, 1.82) is 0 Å². The van der Waals surface area contributed by atoms with Crippen LogP contribution in [0, 0.1) is 6.92 Å². The van der Waals surface area contributed by atoms with E-state index in [-0.39, 0.29) is 5.78 Å². The number of benzene rings is 2. The fraction of sp³-hybridized carbons (Fsp3) is 0.118. The maximum Gasteiger partial charge on any atom is 0.195 e. The second-order valence-electron chi connectivity index (χ2n) is 5.13. The molecular weight excluding hydrogens is 305 g/mol. The molecule has 0 fully saturated rings. The van der Waals surface area contributed by atoms with Crippen molar-refractivity contribution < 1.29 is 4.79 Å². The van der Waals surface area contributed by atoms with Crippen LogP contribution < -0.4 is 0 Å². The zero-order chi connectivity index (χ0) is 15.1. The van der Waals surface area contributed by atoms with Gasteiger partial charge >= 0.3 is 0 Å². The number of fused-ring (bicyclic) bond motifs is 1. The first-order valence-electron chi connectivity index (χ1n) is 6.53. The molecule has 3 rings (SSSR count). The molecule has 1 aromatic heterocycles. The highest BCUT2D eigenvalue weighted by atomic mass is 35.5. The maximum atomic E-state index is 12.7. The van der Waals surface area contributed by atoms with Crippen molar-refractivity contribution in [3.8, 4) is 0 Å². The van der Waals surface area contributed by atoms with Crippen LogP contribution >= 0.6 is 23.2 Å². The topological polar surface area (TPSA) is 22.0 Å². The largest absolute Gasteiger partial charge is 0.350 e. The van der Waals surface area contributed by atoms with Gasteiger partial charge in [-0.3, -0.25) is 4.79 Å². The predicted molar refractivity (Wildman–Crippen MR) is 87.6 cm³/mol. The van der Waals surface area contributed by atoms with E-state index in [1.54, 1.807) is 18.2 Å². The molecule has 1 heterocycles. The van der Waals surface area contributed by atoms with Gasteiger partial charge in [0.1, 0.15) is 0 Å². The van der Waals surface area contributed by atoms with Crippen LogP contribution in [0.25, 0.3) is 10.9 Å². The zero-order valence-corrected chi connectivity index (χ0v) is 13.2. The van der Waals surface area contributed by atoms with E-state index in [1.165, 1.54) is 0 Å². The number of carbonyl (C=O) groups excluding carboxylic acids is 1. The number of hydrogen-bond acceptors (Lipinski definition) is 1. The minimum Gasteiger partial charge on any atom is -0.350 e. The summed E-state index contributed by atoms with van der Waals surface area (Å²) in [4.78, 5) is 12.7. The van der Waals surface area contributed by atoms with Gasteiger partial charge in [0, 0.05) is 35.3 Å². The molecule has 2 aromatic carbocycles. The highest BCUT2D eigenvalue weighted by molar-refractivity contribution is 6.42. The number of ketones is 1. The third-order valence-corrected chi connectivity index (χ3v) is 4.31. The van der Waals surface area contributed by atoms with Gasteiger partial charge in [-0.2, -0.15) is 0 Å². The summed E-state index contributed by atoms with van der Waals surface area (Å²) in [6.45, 7) is 2.03. The Kier molecular flexibility index (Phi) is 3.52. The molecule has 0 unspecified atom stereocenters. The van der Waals surface area contributed by atoms with Gasteiger partial charge in [0.05, 0.1) is 10.0 Å². The second-order valence-corrected chi connectivity index (χ2v) is 5.95. The van der Waals surface area contributed by atoms with Gasteiger partial charge in [-0.1, -0.05) is 35.3 Å². The molecule has 0 radical (unpaired) electrons. The highest BCUT2D eigenvalue weighted by Crippen LogP contribution is 2.27. The molecule has 0 saturated heterocycles. The van der Waals surface area contributed by atoms with Crippen LogP contribution in [-0.2, 0) is 7.05 Å². The van der Waals surface area contributed by atoms with Crippen LogP contribution in [0.5, 0.6) is 0 Å². The number of hydrogen-bond donors (Lipinski definition) is 0. The van der Waals surface area contributed by atoms with E-state index in [0.29, 0.717) is 21.2 Å². The minimum atomic E-state index is -0.0528. The molecule has 21 heavy (non-hydrogen) atoms. The lowest BCUT2D eigenvalue weighted by Crippen LogP contribution is -2.00. The number of carbonyl (C=O) groups is 1. The van der Waals surface area contributed by atoms with Crippen molar-refractivity contribution in [3.63, 3.8) is 0 Å². The van der Waals surface area contributed by atoms with Crippen LogP contribution in [-0.4, -0.2) is 10.4 Å². The van der Waals surface area contributed by atoms with Crippen LogP contribution in [0.1, 0.15) is 21.5 Å². The van der Waals surface area contributed by atoms with Crippen molar-refractivity contribution in [2.45, 2.75) is 6.92 Å². The van der Waals surface area contributed by atoms with Gasteiger partial charge in [-0.05, 0) is 36.8 Å². The van der Waals surface area contributed by atoms with Gasteiger partial charge in [0.25, 0.3) is 0 Å². The quantitative estimate of drug-likeness (QED) is 0.608. The molecular formula is C17H13Cl2NO. The summed E-state index contributed by atoms with van der Waals surface area (Å²) in [5.41, 5.74) is 3.42. The van der Waals surface area contributed by atoms with E-state index < -0.39 is 0 Å². The van der Waals surface area contributed by atoms with Crippen molar-refractivity contribution in [1.82, 2.24) is 4.57 Å². The number of aromatic nitrogens is 1. The Bertz CT molecular complexity index is 865. The molecule has 106 valence electrons. The molecule has 2 nitrogen and oxygen atoms in total. The molecule has 0 bridgehead atoms. The SMILES string of the molecule is Cc1ccc2c(C(=O)c3ccc(Cl)c(Cl)c3)cn(C)c2c1. The minimum absolute atomic E-state index is 0.0528. The Labute approximate surface area is 132 Å². The average molecular weight is 318 g/mol. The average Bonchev–Trinajstić information content (AvgIpc) is 2.78. The van der Waals surface area contributed by atoms with Crippen molar-refractivity contribution in [2.75, 3.05) is 0 Å². The molecule has 0 amide bonds. The molecule has 0 aliphatic heterocycles. The van der Waals surface area contributed by atoms with E-state index in [4.69, 9.17) is 23.2 Å². The summed E-state index contributed by atoms with van der Waals surface area (Å²) in [5.74, 6) is -0.0528. The number of rotatable bonds is 2. The first kappa shape index (κ1) is 14.2.